The van der Waals surface area contributed by atoms with E-state index >= 15 is 0 Å². The van der Waals surface area contributed by atoms with E-state index in [0.717, 1.165) is 11.1 Å². The number of rotatable bonds is 7. The number of hydrogen-bond acceptors (Lipinski definition) is 3. The van der Waals surface area contributed by atoms with E-state index in [2.05, 4.69) is 5.32 Å². The number of halogens is 1. The molecule has 2 aromatic carbocycles. The largest absolute Gasteiger partial charge is 0.391 e. The number of nitrogens with one attached hydrogen (secondary N) is 1. The zero-order valence-corrected chi connectivity index (χ0v) is 15.7. The van der Waals surface area contributed by atoms with Gasteiger partial charge in [-0.25, -0.2) is 4.39 Å². The normalized spacial score (nSPS) is 21.1. The molecule has 1 aliphatic rings. The molecule has 4 nitrogen and oxygen atoms in total. The Hall–Kier alpha value is -2.24. The molecule has 1 amide bonds. The van der Waals surface area contributed by atoms with E-state index in [1.54, 1.807) is 23.5 Å². The molecule has 143 valence electrons. The molecule has 3 atom stereocenters. The lowest BCUT2D eigenvalue weighted by Gasteiger charge is -2.27. The molecule has 3 rings (SSSR count). The van der Waals surface area contributed by atoms with Crippen LogP contribution in [0.3, 0.4) is 0 Å². The van der Waals surface area contributed by atoms with Crippen LogP contribution < -0.4 is 5.32 Å². The Labute approximate surface area is 160 Å². The van der Waals surface area contributed by atoms with Crippen LogP contribution in [0.4, 0.5) is 4.39 Å². The van der Waals surface area contributed by atoms with Crippen LogP contribution in [0.2, 0.25) is 0 Å². The second-order valence-corrected chi connectivity index (χ2v) is 7.35. The zero-order valence-electron chi connectivity index (χ0n) is 15.7. The number of nitrogens with zero attached hydrogens (tertiary/aromatic N) is 1. The topological polar surface area (TPSA) is 52.6 Å². The number of carbonyl (C=O) groups excluding carboxylic acids is 1. The lowest BCUT2D eigenvalue weighted by Crippen LogP contribution is -2.43. The molecule has 1 radical (unpaired) electrons. The molecule has 1 unspecified atom stereocenters. The fourth-order valence-electron chi connectivity index (χ4n) is 3.47. The second-order valence-electron chi connectivity index (χ2n) is 7.35. The Morgan fingerprint density at radius 1 is 1.15 bits per heavy atom. The minimum absolute atomic E-state index is 0.158. The molecule has 0 spiro atoms. The van der Waals surface area contributed by atoms with Crippen molar-refractivity contribution >= 4 is 5.91 Å². The van der Waals surface area contributed by atoms with Crippen molar-refractivity contribution in [1.82, 2.24) is 10.2 Å². The highest BCUT2D eigenvalue weighted by Crippen LogP contribution is 2.23. The van der Waals surface area contributed by atoms with Crippen molar-refractivity contribution in [2.45, 2.75) is 45.1 Å². The Morgan fingerprint density at radius 3 is 2.52 bits per heavy atom. The van der Waals surface area contributed by atoms with Crippen LogP contribution in [0.25, 0.3) is 0 Å². The van der Waals surface area contributed by atoms with Crippen molar-refractivity contribution in [2.24, 2.45) is 5.92 Å². The standard InChI is InChI=1S/C22H26FN2O2/c1-15(2)21-24-20(19(26)12-11-16-7-4-3-5-8-16)22(27)25(21)14-17-9-6-10-18(23)13-17/h3-10,12-13,15,19-21,24,26H,11,14H2,1-2H3/t19-,20+,21?/m1/s1. The lowest BCUT2D eigenvalue weighted by atomic mass is 10.0. The van der Waals surface area contributed by atoms with Crippen LogP contribution in [-0.2, 0) is 17.8 Å². The van der Waals surface area contributed by atoms with Crippen molar-refractivity contribution in [1.29, 1.82) is 0 Å². The first-order valence-corrected chi connectivity index (χ1v) is 9.32. The minimum Gasteiger partial charge on any atom is -0.391 e. The molecule has 0 aliphatic carbocycles. The van der Waals surface area contributed by atoms with Gasteiger partial charge >= 0.3 is 0 Å². The van der Waals surface area contributed by atoms with E-state index in [1.165, 1.54) is 12.1 Å². The van der Waals surface area contributed by atoms with Crippen molar-refractivity contribution in [2.75, 3.05) is 0 Å². The SMILES string of the molecule is CC(C)C1N[C@@H]([C@H](O)[CH]Cc2ccccc2)C(=O)N1Cc1cccc(F)c1. The van der Waals surface area contributed by atoms with Crippen LogP contribution in [0.1, 0.15) is 25.0 Å². The molecule has 27 heavy (non-hydrogen) atoms. The third kappa shape index (κ3) is 4.73. The number of carbonyl (C=O) groups is 1. The summed E-state index contributed by atoms with van der Waals surface area (Å²) in [6.45, 7) is 4.35. The van der Waals surface area contributed by atoms with Gasteiger partial charge in [0, 0.05) is 6.54 Å². The highest BCUT2D eigenvalue weighted by Gasteiger charge is 2.43. The molecule has 2 N–H and O–H groups in total. The van der Waals surface area contributed by atoms with Gasteiger partial charge in [0.05, 0.1) is 12.3 Å². The third-order valence-corrected chi connectivity index (χ3v) is 4.89. The van der Waals surface area contributed by atoms with Gasteiger partial charge < -0.3 is 10.0 Å². The average molecular weight is 369 g/mol. The van der Waals surface area contributed by atoms with E-state index in [0.29, 0.717) is 13.0 Å². The third-order valence-electron chi connectivity index (χ3n) is 4.89. The first-order valence-electron chi connectivity index (χ1n) is 9.32. The molecule has 0 bridgehead atoms. The highest BCUT2D eigenvalue weighted by molar-refractivity contribution is 5.85. The van der Waals surface area contributed by atoms with Gasteiger partial charge in [0.25, 0.3) is 0 Å². The van der Waals surface area contributed by atoms with Gasteiger partial charge in [0.1, 0.15) is 11.9 Å². The maximum atomic E-state index is 13.5. The van der Waals surface area contributed by atoms with Gasteiger partial charge in [0.15, 0.2) is 0 Å². The first-order chi connectivity index (χ1) is 13.0. The summed E-state index contributed by atoms with van der Waals surface area (Å²) in [7, 11) is 0. The summed E-state index contributed by atoms with van der Waals surface area (Å²) in [4.78, 5) is 14.7. The number of amides is 1. The van der Waals surface area contributed by atoms with Crippen LogP contribution in [0, 0.1) is 18.2 Å². The minimum atomic E-state index is -0.892. The van der Waals surface area contributed by atoms with Gasteiger partial charge in [-0.1, -0.05) is 56.3 Å². The molecule has 1 saturated heterocycles. The second kappa shape index (κ2) is 8.63. The molecular weight excluding hydrogens is 343 g/mol. The molecule has 0 aromatic heterocycles. The van der Waals surface area contributed by atoms with Crippen molar-refractivity contribution < 1.29 is 14.3 Å². The van der Waals surface area contributed by atoms with Crippen molar-refractivity contribution in [3.8, 4) is 0 Å². The predicted octanol–water partition coefficient (Wildman–Crippen LogP) is 2.92. The molecule has 1 fully saturated rings. The van der Waals surface area contributed by atoms with E-state index in [-0.39, 0.29) is 23.8 Å². The van der Waals surface area contributed by atoms with Crippen molar-refractivity contribution in [3.05, 3.63) is 78.0 Å². The van der Waals surface area contributed by atoms with Gasteiger partial charge in [-0.2, -0.15) is 0 Å². The summed E-state index contributed by atoms with van der Waals surface area (Å²) in [5, 5.41) is 13.8. The fourth-order valence-corrected chi connectivity index (χ4v) is 3.47. The quantitative estimate of drug-likeness (QED) is 0.789. The Balaban J connectivity index is 1.69. The zero-order chi connectivity index (χ0) is 19.4. The summed E-state index contributed by atoms with van der Waals surface area (Å²) >= 11 is 0. The first kappa shape index (κ1) is 19.5. The van der Waals surface area contributed by atoms with Gasteiger partial charge in [0.2, 0.25) is 5.91 Å². The number of benzene rings is 2. The highest BCUT2D eigenvalue weighted by atomic mass is 19.1. The van der Waals surface area contributed by atoms with Crippen LogP contribution in [0.5, 0.6) is 0 Å². The Bertz CT molecular complexity index is 766. The molecule has 5 heteroatoms. The predicted molar refractivity (Wildman–Crippen MR) is 103 cm³/mol. The average Bonchev–Trinajstić information content (AvgIpc) is 2.97. The molecule has 2 aromatic rings. The molecular formula is C22H26FN2O2. The van der Waals surface area contributed by atoms with Crippen LogP contribution in [-0.4, -0.2) is 34.2 Å². The van der Waals surface area contributed by atoms with E-state index in [4.69, 9.17) is 0 Å². The summed E-state index contributed by atoms with van der Waals surface area (Å²) in [5.74, 6) is -0.315. The van der Waals surface area contributed by atoms with Gasteiger partial charge in [-0.15, -0.1) is 0 Å². The van der Waals surface area contributed by atoms with Gasteiger partial charge in [-0.05, 0) is 42.0 Å². The summed E-state index contributed by atoms with van der Waals surface area (Å²) < 4.78 is 13.5. The summed E-state index contributed by atoms with van der Waals surface area (Å²) in [6, 6.07) is 15.4. The summed E-state index contributed by atoms with van der Waals surface area (Å²) in [5.41, 5.74) is 1.82. The van der Waals surface area contributed by atoms with Crippen molar-refractivity contribution in [3.63, 3.8) is 0 Å². The van der Waals surface area contributed by atoms with E-state index < -0.39 is 12.1 Å². The Morgan fingerprint density at radius 2 is 1.85 bits per heavy atom. The molecule has 1 aliphatic heterocycles. The van der Waals surface area contributed by atoms with Crippen LogP contribution >= 0.6 is 0 Å². The summed E-state index contributed by atoms with van der Waals surface area (Å²) in [6.07, 6.45) is 1.25. The van der Waals surface area contributed by atoms with E-state index in [9.17, 15) is 14.3 Å². The number of hydrogen-bond donors (Lipinski definition) is 2. The molecule has 1 heterocycles. The maximum Gasteiger partial charge on any atom is 0.244 e. The number of aliphatic hydroxyl groups excluding tert-OH is 1. The number of aliphatic hydroxyl groups is 1. The van der Waals surface area contributed by atoms with E-state index in [1.807, 2.05) is 44.2 Å². The van der Waals surface area contributed by atoms with Gasteiger partial charge in [-0.3, -0.25) is 10.1 Å². The lowest BCUT2D eigenvalue weighted by molar-refractivity contribution is -0.132. The molecule has 0 saturated carbocycles. The maximum absolute atomic E-state index is 13.5. The fraction of sp³-hybridized carbons (Fsp3) is 0.364. The Kier molecular flexibility index (Phi) is 6.24. The smallest absolute Gasteiger partial charge is 0.244 e. The monoisotopic (exact) mass is 369 g/mol. The van der Waals surface area contributed by atoms with Crippen LogP contribution in [0.15, 0.2) is 54.6 Å².